The monoisotopic (exact) mass is 325 g/mol. The molecule has 0 amide bonds. The predicted molar refractivity (Wildman–Crippen MR) is 79.2 cm³/mol. The van der Waals surface area contributed by atoms with E-state index in [1.165, 1.54) is 12.1 Å². The number of hydrogen-bond donors (Lipinski definition) is 2. The Labute approximate surface area is 123 Å². The molecule has 0 radical (unpaired) electrons. The van der Waals surface area contributed by atoms with Crippen LogP contribution in [0.2, 0.25) is 10.0 Å². The number of nitrogens with zero attached hydrogens (tertiary/aromatic N) is 1. The van der Waals surface area contributed by atoms with Gasteiger partial charge in [0.05, 0.1) is 10.7 Å². The van der Waals surface area contributed by atoms with E-state index in [-0.39, 0.29) is 15.6 Å². The molecule has 19 heavy (non-hydrogen) atoms. The lowest BCUT2D eigenvalue weighted by Crippen LogP contribution is -2.28. The number of halogens is 2. The Balaban J connectivity index is 2.84. The van der Waals surface area contributed by atoms with Crippen LogP contribution in [0.4, 0.5) is 5.69 Å². The van der Waals surface area contributed by atoms with Crippen LogP contribution in [0.1, 0.15) is 6.42 Å². The molecule has 0 aliphatic heterocycles. The highest BCUT2D eigenvalue weighted by Crippen LogP contribution is 2.30. The number of benzene rings is 1. The number of anilines is 1. The molecular weight excluding hydrogens is 309 g/mol. The zero-order valence-electron chi connectivity index (χ0n) is 10.8. The fraction of sp³-hybridized carbons (Fsp3) is 0.455. The lowest BCUT2D eigenvalue weighted by molar-refractivity contribution is 0.400. The Kier molecular flexibility index (Phi) is 5.88. The number of rotatable bonds is 6. The molecule has 0 aliphatic rings. The minimum atomic E-state index is -3.72. The van der Waals surface area contributed by atoms with Crippen LogP contribution in [0.25, 0.3) is 0 Å². The lowest BCUT2D eigenvalue weighted by Gasteiger charge is -2.12. The maximum Gasteiger partial charge on any atom is 0.244 e. The van der Waals surface area contributed by atoms with Crippen LogP contribution in [0.3, 0.4) is 0 Å². The van der Waals surface area contributed by atoms with Crippen molar-refractivity contribution in [2.75, 3.05) is 32.9 Å². The molecule has 1 rings (SSSR count). The Hall–Kier alpha value is -0.530. The maximum atomic E-state index is 12.1. The van der Waals surface area contributed by atoms with Crippen LogP contribution >= 0.6 is 23.2 Å². The van der Waals surface area contributed by atoms with E-state index < -0.39 is 10.0 Å². The second kappa shape index (κ2) is 6.76. The van der Waals surface area contributed by atoms with Gasteiger partial charge in [-0.05, 0) is 39.2 Å². The first-order chi connectivity index (χ1) is 8.74. The number of nitrogen functional groups attached to an aromatic ring is 1. The van der Waals surface area contributed by atoms with Crippen molar-refractivity contribution < 1.29 is 8.42 Å². The van der Waals surface area contributed by atoms with Gasteiger partial charge in [0.25, 0.3) is 0 Å². The standard InChI is InChI=1S/C11H17Cl2N3O2S/c1-16(2)5-3-4-15-19(17,18)11-9(13)6-8(12)7-10(11)14/h6-7,15H,3-5,14H2,1-2H3. The first kappa shape index (κ1) is 16.5. The van der Waals surface area contributed by atoms with Gasteiger partial charge >= 0.3 is 0 Å². The summed E-state index contributed by atoms with van der Waals surface area (Å²) in [6.07, 6.45) is 0.692. The molecule has 0 heterocycles. The summed E-state index contributed by atoms with van der Waals surface area (Å²) in [6.45, 7) is 1.10. The van der Waals surface area contributed by atoms with E-state index in [0.29, 0.717) is 18.0 Å². The van der Waals surface area contributed by atoms with Crippen LogP contribution in [0.5, 0.6) is 0 Å². The molecule has 3 N–H and O–H groups in total. The van der Waals surface area contributed by atoms with Gasteiger partial charge in [-0.3, -0.25) is 0 Å². The van der Waals surface area contributed by atoms with Crippen LogP contribution in [-0.4, -0.2) is 40.5 Å². The van der Waals surface area contributed by atoms with Crippen molar-refractivity contribution in [3.05, 3.63) is 22.2 Å². The van der Waals surface area contributed by atoms with Crippen molar-refractivity contribution in [2.24, 2.45) is 0 Å². The molecule has 0 saturated heterocycles. The predicted octanol–water partition coefficient (Wildman–Crippen LogP) is 1.81. The topological polar surface area (TPSA) is 75.4 Å². The molecule has 5 nitrogen and oxygen atoms in total. The van der Waals surface area contributed by atoms with E-state index in [4.69, 9.17) is 28.9 Å². The van der Waals surface area contributed by atoms with Gasteiger partial charge in [-0.2, -0.15) is 0 Å². The number of nitrogens with one attached hydrogen (secondary N) is 1. The van der Waals surface area contributed by atoms with Crippen molar-refractivity contribution >= 4 is 38.9 Å². The van der Waals surface area contributed by atoms with Crippen LogP contribution in [0, 0.1) is 0 Å². The molecule has 0 aliphatic carbocycles. The minimum absolute atomic E-state index is 0.0186. The maximum absolute atomic E-state index is 12.1. The molecule has 1 aromatic carbocycles. The highest BCUT2D eigenvalue weighted by molar-refractivity contribution is 7.89. The minimum Gasteiger partial charge on any atom is -0.398 e. The van der Waals surface area contributed by atoms with Crippen molar-refractivity contribution in [1.82, 2.24) is 9.62 Å². The molecule has 8 heteroatoms. The summed E-state index contributed by atoms with van der Waals surface area (Å²) in [4.78, 5) is 1.85. The summed E-state index contributed by atoms with van der Waals surface area (Å²) in [5.41, 5.74) is 5.70. The average Bonchev–Trinajstić information content (AvgIpc) is 2.22. The third kappa shape index (κ3) is 4.81. The second-order valence-electron chi connectivity index (χ2n) is 4.36. The first-order valence-corrected chi connectivity index (χ1v) is 7.87. The number of hydrogen-bond acceptors (Lipinski definition) is 4. The molecule has 1 aromatic rings. The second-order valence-corrected chi connectivity index (χ2v) is 6.91. The van der Waals surface area contributed by atoms with Gasteiger partial charge in [0, 0.05) is 11.6 Å². The van der Waals surface area contributed by atoms with Crippen LogP contribution in [-0.2, 0) is 10.0 Å². The van der Waals surface area contributed by atoms with E-state index in [1.807, 2.05) is 19.0 Å². The Morgan fingerprint density at radius 3 is 2.47 bits per heavy atom. The number of nitrogens with two attached hydrogens (primary N) is 1. The number of sulfonamides is 1. The summed E-state index contributed by atoms with van der Waals surface area (Å²) < 4.78 is 26.7. The van der Waals surface area contributed by atoms with E-state index in [0.717, 1.165) is 6.54 Å². The van der Waals surface area contributed by atoms with Crippen LogP contribution in [0.15, 0.2) is 17.0 Å². The summed E-state index contributed by atoms with van der Waals surface area (Å²) in [6, 6.07) is 2.72. The fourth-order valence-electron chi connectivity index (χ4n) is 1.54. The normalized spacial score (nSPS) is 12.1. The third-order valence-corrected chi connectivity index (χ3v) is 4.59. The quantitative estimate of drug-likeness (QED) is 0.617. The first-order valence-electron chi connectivity index (χ1n) is 5.63. The molecule has 0 bridgehead atoms. The Morgan fingerprint density at radius 1 is 1.32 bits per heavy atom. The molecule has 0 atom stereocenters. The lowest BCUT2D eigenvalue weighted by atomic mass is 10.3. The fourth-order valence-corrected chi connectivity index (χ4v) is 3.59. The summed E-state index contributed by atoms with van der Waals surface area (Å²) >= 11 is 11.6. The Bertz CT molecular complexity index is 524. The van der Waals surface area contributed by atoms with Gasteiger partial charge in [0.15, 0.2) is 0 Å². The van der Waals surface area contributed by atoms with E-state index in [9.17, 15) is 8.42 Å². The van der Waals surface area contributed by atoms with Gasteiger partial charge in [-0.1, -0.05) is 23.2 Å². The molecule has 0 saturated carbocycles. The largest absolute Gasteiger partial charge is 0.398 e. The molecular formula is C11H17Cl2N3O2S. The van der Waals surface area contributed by atoms with E-state index in [2.05, 4.69) is 4.72 Å². The van der Waals surface area contributed by atoms with Crippen molar-refractivity contribution in [3.63, 3.8) is 0 Å². The van der Waals surface area contributed by atoms with Crippen molar-refractivity contribution in [3.8, 4) is 0 Å². The van der Waals surface area contributed by atoms with Gasteiger partial charge < -0.3 is 10.6 Å². The summed E-state index contributed by atoms with van der Waals surface area (Å²) in [7, 11) is 0.118. The van der Waals surface area contributed by atoms with Crippen molar-refractivity contribution in [2.45, 2.75) is 11.3 Å². The van der Waals surface area contributed by atoms with Gasteiger partial charge in [-0.15, -0.1) is 0 Å². The zero-order chi connectivity index (χ0) is 14.6. The van der Waals surface area contributed by atoms with Gasteiger partial charge in [-0.25, -0.2) is 13.1 Å². The molecule has 108 valence electrons. The highest BCUT2D eigenvalue weighted by Gasteiger charge is 2.21. The van der Waals surface area contributed by atoms with Crippen LogP contribution < -0.4 is 10.5 Å². The van der Waals surface area contributed by atoms with Crippen molar-refractivity contribution in [1.29, 1.82) is 0 Å². The zero-order valence-corrected chi connectivity index (χ0v) is 13.1. The SMILES string of the molecule is CN(C)CCCNS(=O)(=O)c1c(N)cc(Cl)cc1Cl. The smallest absolute Gasteiger partial charge is 0.244 e. The Morgan fingerprint density at radius 2 is 1.95 bits per heavy atom. The molecule has 0 spiro atoms. The highest BCUT2D eigenvalue weighted by atomic mass is 35.5. The third-order valence-electron chi connectivity index (χ3n) is 2.38. The molecule has 0 aromatic heterocycles. The molecule has 0 fully saturated rings. The summed E-state index contributed by atoms with van der Waals surface area (Å²) in [5.74, 6) is 0. The summed E-state index contributed by atoms with van der Waals surface area (Å²) in [5, 5.41) is 0.319. The average molecular weight is 326 g/mol. The molecule has 0 unspecified atom stereocenters. The van der Waals surface area contributed by atoms with Gasteiger partial charge in [0.1, 0.15) is 4.90 Å². The van der Waals surface area contributed by atoms with Gasteiger partial charge in [0.2, 0.25) is 10.0 Å². The van der Waals surface area contributed by atoms with E-state index in [1.54, 1.807) is 0 Å². The van der Waals surface area contributed by atoms with E-state index >= 15 is 0 Å².